The number of fused-ring (bicyclic) bond motifs is 6. The molecule has 0 saturated heterocycles. The van der Waals surface area contributed by atoms with E-state index in [2.05, 4.69) is 39.0 Å². The van der Waals surface area contributed by atoms with E-state index in [0.29, 0.717) is 30.1 Å². The third-order valence-corrected chi connectivity index (χ3v) is 11.8. The number of aliphatic carboxylic acids is 2. The van der Waals surface area contributed by atoms with Gasteiger partial charge in [0.15, 0.2) is 0 Å². The second kappa shape index (κ2) is 6.10. The summed E-state index contributed by atoms with van der Waals surface area (Å²) in [6.45, 7) is 8.66. The molecule has 6 aliphatic rings. The van der Waals surface area contributed by atoms with Crippen LogP contribution in [-0.2, 0) is 9.59 Å². The molecule has 6 aliphatic carbocycles. The first-order valence-corrected chi connectivity index (χ1v) is 13.0. The van der Waals surface area contributed by atoms with Gasteiger partial charge < -0.3 is 10.2 Å². The predicted octanol–water partition coefficient (Wildman–Crippen LogP) is 5.79. The van der Waals surface area contributed by atoms with E-state index >= 15 is 0 Å². The summed E-state index contributed by atoms with van der Waals surface area (Å²) >= 11 is 0. The molecule has 2 N–H and O–H groups in total. The maximum atomic E-state index is 13.6. The SMILES string of the molecule is CC(C)C1CC=C2C1C21CCC(C)(C(=O)O)C2(C(=O)O)C3CCCC4C=CC43CC(C)C12. The Kier molecular flexibility index (Phi) is 4.00. The number of carboxylic acids is 2. The van der Waals surface area contributed by atoms with Crippen molar-refractivity contribution in [1.29, 1.82) is 0 Å². The minimum Gasteiger partial charge on any atom is -0.481 e. The maximum Gasteiger partial charge on any atom is 0.311 e. The molecule has 0 bridgehead atoms. The molecule has 2 spiro atoms. The van der Waals surface area contributed by atoms with Gasteiger partial charge in [0, 0.05) is 5.41 Å². The smallest absolute Gasteiger partial charge is 0.311 e. The van der Waals surface area contributed by atoms with E-state index in [9.17, 15) is 19.8 Å². The van der Waals surface area contributed by atoms with Crippen molar-refractivity contribution in [2.24, 2.45) is 63.1 Å². The summed E-state index contributed by atoms with van der Waals surface area (Å²) in [6.07, 6.45) is 13.5. The minimum absolute atomic E-state index is 0.0739. The van der Waals surface area contributed by atoms with Crippen LogP contribution in [0.1, 0.15) is 72.6 Å². The molecule has 0 heterocycles. The molecule has 6 rings (SSSR count). The zero-order valence-electron chi connectivity index (χ0n) is 19.9. The third kappa shape index (κ3) is 1.96. The Balaban J connectivity index is 1.59. The van der Waals surface area contributed by atoms with Gasteiger partial charge in [-0.2, -0.15) is 0 Å². The van der Waals surface area contributed by atoms with E-state index < -0.39 is 22.8 Å². The summed E-state index contributed by atoms with van der Waals surface area (Å²) in [7, 11) is 0. The molecule has 4 nitrogen and oxygen atoms in total. The fourth-order valence-corrected chi connectivity index (χ4v) is 10.8. The van der Waals surface area contributed by atoms with Crippen LogP contribution >= 0.6 is 0 Å². The van der Waals surface area contributed by atoms with Crippen LogP contribution in [0.2, 0.25) is 0 Å². The van der Waals surface area contributed by atoms with Crippen LogP contribution in [0.4, 0.5) is 0 Å². The Hall–Kier alpha value is -1.58. The summed E-state index contributed by atoms with van der Waals surface area (Å²) < 4.78 is 0. The number of allylic oxidation sites excluding steroid dienone is 4. The molecule has 0 aromatic carbocycles. The van der Waals surface area contributed by atoms with Crippen LogP contribution in [0, 0.1) is 63.1 Å². The fourth-order valence-electron chi connectivity index (χ4n) is 10.8. The predicted molar refractivity (Wildman–Crippen MR) is 122 cm³/mol. The van der Waals surface area contributed by atoms with Gasteiger partial charge in [-0.1, -0.05) is 51.0 Å². The van der Waals surface area contributed by atoms with Crippen molar-refractivity contribution in [2.75, 3.05) is 0 Å². The van der Waals surface area contributed by atoms with Crippen molar-refractivity contribution >= 4 is 11.9 Å². The molecule has 0 aliphatic heterocycles. The second-order valence-corrected chi connectivity index (χ2v) is 12.9. The molecule has 0 amide bonds. The molecular weight excluding hydrogens is 400 g/mol. The van der Waals surface area contributed by atoms with Gasteiger partial charge >= 0.3 is 11.9 Å². The minimum atomic E-state index is -1.23. The number of carbonyl (C=O) groups is 2. The van der Waals surface area contributed by atoms with Gasteiger partial charge in [-0.25, -0.2) is 0 Å². The van der Waals surface area contributed by atoms with Crippen molar-refractivity contribution in [3.63, 3.8) is 0 Å². The molecule has 0 radical (unpaired) electrons. The molecule has 10 atom stereocenters. The van der Waals surface area contributed by atoms with Gasteiger partial charge in [0.2, 0.25) is 0 Å². The first-order chi connectivity index (χ1) is 15.1. The quantitative estimate of drug-likeness (QED) is 0.547. The first-order valence-electron chi connectivity index (χ1n) is 13.0. The highest BCUT2D eigenvalue weighted by Crippen LogP contribution is 2.85. The van der Waals surface area contributed by atoms with Crippen LogP contribution in [0.3, 0.4) is 0 Å². The van der Waals surface area contributed by atoms with Gasteiger partial charge in [0.25, 0.3) is 0 Å². The summed E-state index contributed by atoms with van der Waals surface area (Å²) in [4.78, 5) is 26.6. The Labute approximate surface area is 191 Å². The highest BCUT2D eigenvalue weighted by molar-refractivity contribution is 5.88. The molecule has 0 aromatic rings. The first kappa shape index (κ1) is 21.0. The fraction of sp³-hybridized carbons (Fsp3) is 0.786. The van der Waals surface area contributed by atoms with Gasteiger partial charge in [-0.3, -0.25) is 9.59 Å². The van der Waals surface area contributed by atoms with E-state index in [4.69, 9.17) is 0 Å². The Morgan fingerprint density at radius 1 is 1.12 bits per heavy atom. The molecule has 10 unspecified atom stereocenters. The van der Waals surface area contributed by atoms with Crippen molar-refractivity contribution < 1.29 is 19.8 Å². The lowest BCUT2D eigenvalue weighted by atomic mass is 9.31. The van der Waals surface area contributed by atoms with Crippen LogP contribution in [0.15, 0.2) is 23.8 Å². The molecule has 0 aromatic heterocycles. The second-order valence-electron chi connectivity index (χ2n) is 12.9. The monoisotopic (exact) mass is 438 g/mol. The lowest BCUT2D eigenvalue weighted by Gasteiger charge is -2.70. The molecule has 4 saturated carbocycles. The van der Waals surface area contributed by atoms with Gasteiger partial charge in [0.05, 0.1) is 10.8 Å². The van der Waals surface area contributed by atoms with Crippen molar-refractivity contribution in [2.45, 2.75) is 72.6 Å². The van der Waals surface area contributed by atoms with Crippen molar-refractivity contribution in [3.8, 4) is 0 Å². The largest absolute Gasteiger partial charge is 0.481 e. The zero-order valence-corrected chi connectivity index (χ0v) is 19.9. The van der Waals surface area contributed by atoms with E-state index in [1.54, 1.807) is 6.92 Å². The molecule has 4 heteroatoms. The summed E-state index contributed by atoms with van der Waals surface area (Å²) in [5.74, 6) is 0.389. The normalized spacial score (nSPS) is 54.7. The molecule has 4 fully saturated rings. The average Bonchev–Trinajstić information content (AvgIpc) is 3.08. The highest BCUT2D eigenvalue weighted by atomic mass is 16.4. The van der Waals surface area contributed by atoms with Crippen molar-refractivity contribution in [1.82, 2.24) is 0 Å². The van der Waals surface area contributed by atoms with Crippen molar-refractivity contribution in [3.05, 3.63) is 23.8 Å². The van der Waals surface area contributed by atoms with Crippen LogP contribution in [0.25, 0.3) is 0 Å². The van der Waals surface area contributed by atoms with Crippen LogP contribution < -0.4 is 0 Å². The summed E-state index contributed by atoms with van der Waals surface area (Å²) in [6, 6.07) is 0. The molecule has 174 valence electrons. The standard InChI is InChI=1S/C28H38O4/c1-15(2)18-8-9-19-21(18)27(19)13-12-25(4,23(29)30)28(24(31)32)20-7-5-6-17-10-11-26(17,20)14-16(3)22(27)28/h9-11,15-18,20-22H,5-8,12-14H2,1-4H3,(H,29,30)(H,31,32). The summed E-state index contributed by atoms with van der Waals surface area (Å²) in [5, 5.41) is 21.8. The van der Waals surface area contributed by atoms with Gasteiger partial charge in [-0.05, 0) is 92.3 Å². The molecule has 32 heavy (non-hydrogen) atoms. The highest BCUT2D eigenvalue weighted by Gasteiger charge is 2.84. The number of hydrogen-bond donors (Lipinski definition) is 2. The number of hydrogen-bond acceptors (Lipinski definition) is 2. The average molecular weight is 439 g/mol. The number of rotatable bonds is 3. The van der Waals surface area contributed by atoms with E-state index in [0.717, 1.165) is 38.5 Å². The van der Waals surface area contributed by atoms with Crippen LogP contribution in [-0.4, -0.2) is 22.2 Å². The Morgan fingerprint density at radius 2 is 1.88 bits per heavy atom. The number of carboxylic acid groups (broad SMARTS) is 2. The Morgan fingerprint density at radius 3 is 2.47 bits per heavy atom. The van der Waals surface area contributed by atoms with E-state index in [1.165, 1.54) is 5.57 Å². The van der Waals surface area contributed by atoms with E-state index in [1.807, 2.05) is 0 Å². The van der Waals surface area contributed by atoms with Crippen LogP contribution in [0.5, 0.6) is 0 Å². The lowest BCUT2D eigenvalue weighted by molar-refractivity contribution is -0.244. The Bertz CT molecular complexity index is 962. The topological polar surface area (TPSA) is 74.6 Å². The lowest BCUT2D eigenvalue weighted by Crippen LogP contribution is -2.72. The van der Waals surface area contributed by atoms with Gasteiger partial charge in [0.1, 0.15) is 0 Å². The zero-order chi connectivity index (χ0) is 22.8. The third-order valence-electron chi connectivity index (χ3n) is 11.8. The van der Waals surface area contributed by atoms with E-state index in [-0.39, 0.29) is 28.6 Å². The maximum absolute atomic E-state index is 13.6. The summed E-state index contributed by atoms with van der Waals surface area (Å²) in [5.41, 5.74) is -1.12. The molecular formula is C28H38O4. The van der Waals surface area contributed by atoms with Gasteiger partial charge in [-0.15, -0.1) is 0 Å².